The third-order valence-electron chi connectivity index (χ3n) is 3.91. The fourth-order valence-corrected chi connectivity index (χ4v) is 2.64. The fraction of sp³-hybridized carbons (Fsp3) is 0.368. The molecule has 2 aromatic heterocycles. The molecule has 8 heteroatoms. The zero-order valence-corrected chi connectivity index (χ0v) is 15.6. The maximum absolute atomic E-state index is 12.6. The molecule has 2 aromatic rings. The molecule has 0 radical (unpaired) electrons. The fourth-order valence-electron chi connectivity index (χ4n) is 2.64. The van der Waals surface area contributed by atoms with E-state index in [1.54, 1.807) is 24.4 Å². The van der Waals surface area contributed by atoms with Crippen molar-refractivity contribution in [3.63, 3.8) is 0 Å². The summed E-state index contributed by atoms with van der Waals surface area (Å²) in [5.74, 6) is -0.406. The van der Waals surface area contributed by atoms with Crippen LogP contribution in [0.3, 0.4) is 0 Å². The van der Waals surface area contributed by atoms with E-state index in [0.29, 0.717) is 19.4 Å². The van der Waals surface area contributed by atoms with Gasteiger partial charge in [0.1, 0.15) is 11.5 Å². The second-order valence-corrected chi connectivity index (χ2v) is 6.06. The Labute approximate surface area is 157 Å². The highest BCUT2D eigenvalue weighted by Crippen LogP contribution is 2.12. The number of rotatable bonds is 8. The van der Waals surface area contributed by atoms with Crippen LogP contribution >= 0.6 is 0 Å². The van der Waals surface area contributed by atoms with Crippen molar-refractivity contribution in [3.05, 3.63) is 57.0 Å². The molecular formula is C19H25N5O3. The van der Waals surface area contributed by atoms with E-state index in [2.05, 4.69) is 10.3 Å². The van der Waals surface area contributed by atoms with Crippen LogP contribution in [0.4, 0.5) is 11.5 Å². The van der Waals surface area contributed by atoms with Gasteiger partial charge >= 0.3 is 5.69 Å². The first kappa shape index (κ1) is 20.2. The molecule has 0 bridgehead atoms. The van der Waals surface area contributed by atoms with E-state index in [1.807, 2.05) is 26.0 Å². The van der Waals surface area contributed by atoms with E-state index < -0.39 is 17.2 Å². The number of hydrogen-bond donors (Lipinski definition) is 2. The lowest BCUT2D eigenvalue weighted by Gasteiger charge is -2.16. The topological polar surface area (TPSA) is 112 Å². The van der Waals surface area contributed by atoms with E-state index in [4.69, 9.17) is 5.73 Å². The number of aromatic nitrogens is 3. The molecule has 0 unspecified atom stereocenters. The largest absolute Gasteiger partial charge is 0.383 e. The van der Waals surface area contributed by atoms with Crippen LogP contribution in [-0.4, -0.2) is 20.0 Å². The standard InChI is InChI=1S/C19H25N5O3/c1-3-12-23-17(20)16(18(26)24(13-4-2)19(23)27)22-15(25)10-7-9-14-8-5-6-11-21-14/h5-9,11H,3-4,10,12-13,20H2,1-2H3,(H,22,25)/b9-7+. The van der Waals surface area contributed by atoms with Crippen molar-refractivity contribution < 1.29 is 4.79 Å². The minimum atomic E-state index is -0.575. The van der Waals surface area contributed by atoms with Gasteiger partial charge in [-0.25, -0.2) is 4.79 Å². The van der Waals surface area contributed by atoms with Crippen molar-refractivity contribution in [2.24, 2.45) is 0 Å². The van der Waals surface area contributed by atoms with Crippen molar-refractivity contribution >= 4 is 23.5 Å². The molecule has 0 spiro atoms. The predicted octanol–water partition coefficient (Wildman–Crippen LogP) is 1.85. The van der Waals surface area contributed by atoms with Crippen LogP contribution in [0, 0.1) is 0 Å². The number of pyridine rings is 1. The van der Waals surface area contributed by atoms with E-state index >= 15 is 0 Å². The summed E-state index contributed by atoms with van der Waals surface area (Å²) in [6, 6.07) is 5.47. The molecule has 8 nitrogen and oxygen atoms in total. The lowest BCUT2D eigenvalue weighted by molar-refractivity contribution is -0.115. The quantitative estimate of drug-likeness (QED) is 0.735. The Bertz CT molecular complexity index is 929. The highest BCUT2D eigenvalue weighted by molar-refractivity contribution is 5.94. The van der Waals surface area contributed by atoms with Gasteiger partial charge in [-0.05, 0) is 31.1 Å². The molecule has 0 atom stereocenters. The van der Waals surface area contributed by atoms with Crippen molar-refractivity contribution in [3.8, 4) is 0 Å². The minimum absolute atomic E-state index is 0.0127. The third kappa shape index (κ3) is 4.93. The number of nitrogens with one attached hydrogen (secondary N) is 1. The van der Waals surface area contributed by atoms with Crippen molar-refractivity contribution in [2.75, 3.05) is 11.1 Å². The van der Waals surface area contributed by atoms with E-state index in [-0.39, 0.29) is 24.5 Å². The lowest BCUT2D eigenvalue weighted by Crippen LogP contribution is -2.42. The number of hydrogen-bond acceptors (Lipinski definition) is 5. The molecule has 2 rings (SSSR count). The van der Waals surface area contributed by atoms with Crippen molar-refractivity contribution in [1.29, 1.82) is 0 Å². The van der Waals surface area contributed by atoms with Gasteiger partial charge in [0.2, 0.25) is 5.91 Å². The summed E-state index contributed by atoms with van der Waals surface area (Å²) in [5.41, 5.74) is 5.67. The summed E-state index contributed by atoms with van der Waals surface area (Å²) in [6.07, 6.45) is 6.38. The van der Waals surface area contributed by atoms with Gasteiger partial charge in [0.25, 0.3) is 5.56 Å². The predicted molar refractivity (Wildman–Crippen MR) is 106 cm³/mol. The number of nitrogen functional groups attached to an aromatic ring is 1. The van der Waals surface area contributed by atoms with Crippen LogP contribution in [0.1, 0.15) is 38.8 Å². The van der Waals surface area contributed by atoms with Gasteiger partial charge in [-0.3, -0.25) is 23.7 Å². The van der Waals surface area contributed by atoms with E-state index in [9.17, 15) is 14.4 Å². The third-order valence-corrected chi connectivity index (χ3v) is 3.91. The SMILES string of the molecule is CCCn1c(N)c(NC(=O)C/C=C/c2ccccn2)c(=O)n(CCC)c1=O. The molecule has 0 fully saturated rings. The molecule has 0 aliphatic carbocycles. The Hall–Kier alpha value is -3.16. The molecule has 2 heterocycles. The number of carbonyl (C=O) groups excluding carboxylic acids is 1. The summed E-state index contributed by atoms with van der Waals surface area (Å²) in [6.45, 7) is 4.41. The maximum atomic E-state index is 12.6. The average molecular weight is 371 g/mol. The number of amides is 1. The highest BCUT2D eigenvalue weighted by atomic mass is 16.2. The van der Waals surface area contributed by atoms with Crippen molar-refractivity contribution in [1.82, 2.24) is 14.1 Å². The van der Waals surface area contributed by atoms with Crippen LogP contribution < -0.4 is 22.3 Å². The molecule has 1 amide bonds. The molecule has 0 aliphatic heterocycles. The molecular weight excluding hydrogens is 346 g/mol. The summed E-state index contributed by atoms with van der Waals surface area (Å²) >= 11 is 0. The Morgan fingerprint density at radius 3 is 2.52 bits per heavy atom. The Kier molecular flexibility index (Phi) is 7.10. The van der Waals surface area contributed by atoms with Crippen LogP contribution in [-0.2, 0) is 17.9 Å². The molecule has 27 heavy (non-hydrogen) atoms. The molecule has 0 aliphatic rings. The second kappa shape index (κ2) is 9.51. The second-order valence-electron chi connectivity index (χ2n) is 6.06. The molecule has 3 N–H and O–H groups in total. The molecule has 0 saturated heterocycles. The molecule has 0 saturated carbocycles. The Morgan fingerprint density at radius 1 is 1.19 bits per heavy atom. The average Bonchev–Trinajstić information content (AvgIpc) is 2.67. The van der Waals surface area contributed by atoms with Gasteiger partial charge in [0.15, 0.2) is 0 Å². The van der Waals surface area contributed by atoms with Gasteiger partial charge in [-0.1, -0.05) is 26.0 Å². The summed E-state index contributed by atoms with van der Waals surface area (Å²) < 4.78 is 2.45. The summed E-state index contributed by atoms with van der Waals surface area (Å²) in [7, 11) is 0. The number of carbonyl (C=O) groups is 1. The maximum Gasteiger partial charge on any atom is 0.332 e. The smallest absolute Gasteiger partial charge is 0.332 e. The zero-order chi connectivity index (χ0) is 19.8. The van der Waals surface area contributed by atoms with E-state index in [1.165, 1.54) is 4.57 Å². The summed E-state index contributed by atoms with van der Waals surface area (Å²) in [4.78, 5) is 41.5. The monoisotopic (exact) mass is 371 g/mol. The Balaban J connectivity index is 2.26. The lowest BCUT2D eigenvalue weighted by atomic mass is 10.3. The Morgan fingerprint density at radius 2 is 1.89 bits per heavy atom. The number of nitrogens with two attached hydrogens (primary N) is 1. The normalized spacial score (nSPS) is 11.0. The first-order valence-electron chi connectivity index (χ1n) is 9.00. The zero-order valence-electron chi connectivity index (χ0n) is 15.6. The molecule has 144 valence electrons. The first-order valence-corrected chi connectivity index (χ1v) is 9.00. The highest BCUT2D eigenvalue weighted by Gasteiger charge is 2.18. The number of anilines is 2. The van der Waals surface area contributed by atoms with Gasteiger partial charge in [-0.2, -0.15) is 0 Å². The van der Waals surface area contributed by atoms with Gasteiger partial charge < -0.3 is 11.1 Å². The molecule has 0 aromatic carbocycles. The van der Waals surface area contributed by atoms with E-state index in [0.717, 1.165) is 10.3 Å². The van der Waals surface area contributed by atoms with Gasteiger partial charge in [0.05, 0.1) is 5.69 Å². The summed E-state index contributed by atoms with van der Waals surface area (Å²) in [5, 5.41) is 2.56. The van der Waals surface area contributed by atoms with Crippen LogP contribution in [0.5, 0.6) is 0 Å². The number of nitrogens with zero attached hydrogens (tertiary/aromatic N) is 3. The first-order chi connectivity index (χ1) is 13.0. The minimum Gasteiger partial charge on any atom is -0.383 e. The van der Waals surface area contributed by atoms with Gasteiger partial charge in [-0.15, -0.1) is 0 Å². The van der Waals surface area contributed by atoms with Crippen LogP contribution in [0.25, 0.3) is 6.08 Å². The van der Waals surface area contributed by atoms with Crippen LogP contribution in [0.2, 0.25) is 0 Å². The van der Waals surface area contributed by atoms with Crippen LogP contribution in [0.15, 0.2) is 40.1 Å². The van der Waals surface area contributed by atoms with Gasteiger partial charge in [0, 0.05) is 25.7 Å². The van der Waals surface area contributed by atoms with Crippen molar-refractivity contribution in [2.45, 2.75) is 46.2 Å².